The molecule has 0 aliphatic heterocycles. The van der Waals surface area contributed by atoms with Gasteiger partial charge in [-0.25, -0.2) is 4.39 Å². The summed E-state index contributed by atoms with van der Waals surface area (Å²) >= 11 is 3.14. The number of anilines is 1. The quantitative estimate of drug-likeness (QED) is 0.839. The molecule has 1 aromatic heterocycles. The average Bonchev–Trinajstić information content (AvgIpc) is 2.53. The predicted octanol–water partition coefficient (Wildman–Crippen LogP) is 1.57. The van der Waals surface area contributed by atoms with E-state index in [1.165, 1.54) is 10.9 Å². The highest BCUT2D eigenvalue weighted by atomic mass is 79.9. The van der Waals surface area contributed by atoms with Crippen molar-refractivity contribution < 1.29 is 9.18 Å². The van der Waals surface area contributed by atoms with Crippen LogP contribution in [0.2, 0.25) is 0 Å². The van der Waals surface area contributed by atoms with Crippen molar-refractivity contribution in [1.29, 1.82) is 0 Å². The number of nitrogens with one attached hydrogen (secondary N) is 1. The Morgan fingerprint density at radius 3 is 3.14 bits per heavy atom. The maximum absolute atomic E-state index is 11.9. The Balaban J connectivity index is 2.55. The lowest BCUT2D eigenvalue weighted by Crippen LogP contribution is -2.19. The largest absolute Gasteiger partial charge is 0.322 e. The number of halogens is 2. The summed E-state index contributed by atoms with van der Waals surface area (Å²) in [6.45, 7) is 1.46. The smallest absolute Gasteiger partial charge is 0.237 e. The molecule has 0 spiro atoms. The number of carbonyl (C=O) groups excluding carboxylic acids is 1. The SMILES string of the molecule is CC(Br)C(=O)Nc1cnn(CCF)c1. The summed E-state index contributed by atoms with van der Waals surface area (Å²) in [7, 11) is 0. The fourth-order valence-electron chi connectivity index (χ4n) is 0.879. The summed E-state index contributed by atoms with van der Waals surface area (Å²) in [5.41, 5.74) is 0.578. The molecule has 1 rings (SSSR count). The number of aromatic nitrogens is 2. The van der Waals surface area contributed by atoms with Gasteiger partial charge in [0, 0.05) is 6.20 Å². The zero-order valence-electron chi connectivity index (χ0n) is 7.70. The molecule has 1 amide bonds. The summed E-state index contributed by atoms with van der Waals surface area (Å²) < 4.78 is 13.4. The number of rotatable bonds is 4. The second-order valence-corrected chi connectivity index (χ2v) is 4.16. The maximum atomic E-state index is 11.9. The van der Waals surface area contributed by atoms with E-state index in [0.29, 0.717) is 5.69 Å². The monoisotopic (exact) mass is 263 g/mol. The van der Waals surface area contributed by atoms with Crippen LogP contribution >= 0.6 is 15.9 Å². The fourth-order valence-corrected chi connectivity index (χ4v) is 0.993. The minimum Gasteiger partial charge on any atom is -0.322 e. The van der Waals surface area contributed by atoms with Crippen LogP contribution in [0.25, 0.3) is 0 Å². The van der Waals surface area contributed by atoms with Crippen LogP contribution in [-0.4, -0.2) is 27.2 Å². The number of amides is 1. The molecule has 0 bridgehead atoms. The molecule has 1 unspecified atom stereocenters. The summed E-state index contributed by atoms with van der Waals surface area (Å²) in [6.07, 6.45) is 3.08. The highest BCUT2D eigenvalue weighted by Crippen LogP contribution is 2.07. The molecule has 0 aromatic carbocycles. The van der Waals surface area contributed by atoms with Gasteiger partial charge in [0.25, 0.3) is 0 Å². The van der Waals surface area contributed by atoms with Gasteiger partial charge in [-0.05, 0) is 6.92 Å². The molecule has 1 heterocycles. The zero-order chi connectivity index (χ0) is 10.6. The number of hydrogen-bond donors (Lipinski definition) is 1. The molecule has 0 fully saturated rings. The van der Waals surface area contributed by atoms with E-state index in [9.17, 15) is 9.18 Å². The Hall–Kier alpha value is -0.910. The van der Waals surface area contributed by atoms with E-state index in [1.807, 2.05) is 0 Å². The molecule has 1 aromatic rings. The van der Waals surface area contributed by atoms with Gasteiger partial charge in [-0.3, -0.25) is 9.48 Å². The summed E-state index contributed by atoms with van der Waals surface area (Å²) in [5.74, 6) is -0.148. The van der Waals surface area contributed by atoms with E-state index in [4.69, 9.17) is 0 Å². The van der Waals surface area contributed by atoms with Gasteiger partial charge in [-0.15, -0.1) is 0 Å². The molecule has 0 aliphatic carbocycles. The molecule has 78 valence electrons. The van der Waals surface area contributed by atoms with Gasteiger partial charge in [0.15, 0.2) is 0 Å². The van der Waals surface area contributed by atoms with Crippen LogP contribution in [0.4, 0.5) is 10.1 Å². The van der Waals surface area contributed by atoms with Crippen LogP contribution in [0.1, 0.15) is 6.92 Å². The van der Waals surface area contributed by atoms with E-state index >= 15 is 0 Å². The van der Waals surface area contributed by atoms with E-state index in [2.05, 4.69) is 26.3 Å². The Morgan fingerprint density at radius 1 is 1.86 bits per heavy atom. The number of nitrogens with zero attached hydrogens (tertiary/aromatic N) is 2. The predicted molar refractivity (Wildman–Crippen MR) is 55.2 cm³/mol. The third kappa shape index (κ3) is 3.10. The van der Waals surface area contributed by atoms with Gasteiger partial charge in [-0.2, -0.15) is 5.10 Å². The van der Waals surface area contributed by atoms with E-state index in [0.717, 1.165) is 0 Å². The van der Waals surface area contributed by atoms with Crippen molar-refractivity contribution in [3.63, 3.8) is 0 Å². The van der Waals surface area contributed by atoms with Crippen molar-refractivity contribution in [3.05, 3.63) is 12.4 Å². The van der Waals surface area contributed by atoms with Crippen LogP contribution in [0, 0.1) is 0 Å². The lowest BCUT2D eigenvalue weighted by molar-refractivity contribution is -0.115. The van der Waals surface area contributed by atoms with Crippen LogP contribution in [0.3, 0.4) is 0 Å². The molecule has 0 saturated carbocycles. The van der Waals surface area contributed by atoms with Gasteiger partial charge < -0.3 is 5.32 Å². The first-order valence-corrected chi connectivity index (χ1v) is 5.08. The minimum absolute atomic E-state index is 0.148. The summed E-state index contributed by atoms with van der Waals surface area (Å²) in [6, 6.07) is 0. The lowest BCUT2D eigenvalue weighted by atomic mass is 10.4. The van der Waals surface area contributed by atoms with Crippen molar-refractivity contribution in [2.45, 2.75) is 18.3 Å². The summed E-state index contributed by atoms with van der Waals surface area (Å²) in [4.78, 5) is 11.0. The average molecular weight is 264 g/mol. The highest BCUT2D eigenvalue weighted by molar-refractivity contribution is 9.10. The number of hydrogen-bond acceptors (Lipinski definition) is 2. The molecule has 6 heteroatoms. The maximum Gasteiger partial charge on any atom is 0.237 e. The molecule has 1 atom stereocenters. The Kier molecular flexibility index (Phi) is 4.06. The Morgan fingerprint density at radius 2 is 2.57 bits per heavy atom. The molecular weight excluding hydrogens is 253 g/mol. The van der Waals surface area contributed by atoms with Crippen LogP contribution < -0.4 is 5.32 Å². The van der Waals surface area contributed by atoms with E-state index < -0.39 is 6.67 Å². The van der Waals surface area contributed by atoms with Crippen LogP contribution in [-0.2, 0) is 11.3 Å². The standard InChI is InChI=1S/C8H11BrFN3O/c1-6(9)8(14)12-7-4-11-13(5-7)3-2-10/h4-6H,2-3H2,1H3,(H,12,14). The van der Waals surface area contributed by atoms with Crippen LogP contribution in [0.15, 0.2) is 12.4 Å². The number of aryl methyl sites for hydroxylation is 1. The first kappa shape index (κ1) is 11.2. The topological polar surface area (TPSA) is 46.9 Å². The summed E-state index contributed by atoms with van der Waals surface area (Å²) in [5, 5.41) is 6.49. The highest BCUT2D eigenvalue weighted by Gasteiger charge is 2.09. The van der Waals surface area contributed by atoms with Crippen molar-refractivity contribution in [2.75, 3.05) is 12.0 Å². The van der Waals surface area contributed by atoms with Crippen molar-refractivity contribution in [1.82, 2.24) is 9.78 Å². The molecule has 0 aliphatic rings. The zero-order valence-corrected chi connectivity index (χ0v) is 9.29. The minimum atomic E-state index is -0.468. The van der Waals surface area contributed by atoms with Gasteiger partial charge in [-0.1, -0.05) is 15.9 Å². The number of alkyl halides is 2. The molecular formula is C8H11BrFN3O. The van der Waals surface area contributed by atoms with Crippen molar-refractivity contribution in [3.8, 4) is 0 Å². The first-order valence-electron chi connectivity index (χ1n) is 4.17. The van der Waals surface area contributed by atoms with Gasteiger partial charge in [0.1, 0.15) is 6.67 Å². The van der Waals surface area contributed by atoms with Crippen molar-refractivity contribution >= 4 is 27.5 Å². The molecule has 14 heavy (non-hydrogen) atoms. The fraction of sp³-hybridized carbons (Fsp3) is 0.500. The second-order valence-electron chi connectivity index (χ2n) is 2.79. The van der Waals surface area contributed by atoms with Gasteiger partial charge in [0.05, 0.1) is 23.3 Å². The molecule has 0 saturated heterocycles. The molecule has 1 N–H and O–H groups in total. The molecule has 0 radical (unpaired) electrons. The van der Waals surface area contributed by atoms with Gasteiger partial charge >= 0.3 is 0 Å². The third-order valence-electron chi connectivity index (χ3n) is 1.58. The van der Waals surface area contributed by atoms with Crippen LogP contribution in [0.5, 0.6) is 0 Å². The van der Waals surface area contributed by atoms with E-state index in [-0.39, 0.29) is 17.3 Å². The Bertz CT molecular complexity index is 313. The second kappa shape index (κ2) is 5.09. The Labute approximate surface area is 89.6 Å². The number of carbonyl (C=O) groups is 1. The first-order chi connectivity index (χ1) is 6.63. The van der Waals surface area contributed by atoms with E-state index in [1.54, 1.807) is 13.1 Å². The van der Waals surface area contributed by atoms with Gasteiger partial charge in [0.2, 0.25) is 5.91 Å². The molecule has 4 nitrogen and oxygen atoms in total. The normalized spacial score (nSPS) is 12.5. The van der Waals surface area contributed by atoms with Crippen molar-refractivity contribution in [2.24, 2.45) is 0 Å². The third-order valence-corrected chi connectivity index (χ3v) is 1.99. The lowest BCUT2D eigenvalue weighted by Gasteiger charge is -2.02.